The fourth-order valence-electron chi connectivity index (χ4n) is 12.0. The summed E-state index contributed by atoms with van der Waals surface area (Å²) in [6.45, 7) is 13.7. The van der Waals surface area contributed by atoms with E-state index >= 15 is 0 Å². The smallest absolute Gasteiger partial charge is 0.435 e. The Morgan fingerprint density at radius 3 is 2.01 bits per heavy atom. The number of aliphatic hydroxyl groups excluding tert-OH is 3. The van der Waals surface area contributed by atoms with Gasteiger partial charge in [0.05, 0.1) is 51.9 Å². The van der Waals surface area contributed by atoms with E-state index in [9.17, 15) is 66.0 Å². The van der Waals surface area contributed by atoms with Crippen molar-refractivity contribution in [3.8, 4) is 16.9 Å². The molecule has 0 spiro atoms. The number of alkyl halides is 3. The fourth-order valence-corrected chi connectivity index (χ4v) is 12.5. The average Bonchev–Trinajstić information content (AvgIpc) is 0.760. The van der Waals surface area contributed by atoms with E-state index in [-0.39, 0.29) is 46.0 Å². The van der Waals surface area contributed by atoms with Crippen LogP contribution in [0.1, 0.15) is 101 Å². The second-order valence-electron chi connectivity index (χ2n) is 23.3. The Balaban J connectivity index is 0.000000294. The van der Waals surface area contributed by atoms with Crippen molar-refractivity contribution in [3.05, 3.63) is 149 Å². The lowest BCUT2D eigenvalue weighted by atomic mass is 9.44. The highest BCUT2D eigenvalue weighted by molar-refractivity contribution is 7.89. The van der Waals surface area contributed by atoms with Gasteiger partial charge in [-0.15, -0.1) is 0 Å². The van der Waals surface area contributed by atoms with Crippen LogP contribution in [-0.4, -0.2) is 128 Å². The van der Waals surface area contributed by atoms with E-state index < -0.39 is 134 Å². The molecule has 7 N–H and O–H groups in total. The number of sulfonamides is 1. The summed E-state index contributed by atoms with van der Waals surface area (Å²) in [4.78, 5) is 68.8. The Morgan fingerprint density at radius 2 is 1.48 bits per heavy atom. The molecule has 1 aliphatic heterocycles. The highest BCUT2D eigenvalue weighted by Gasteiger charge is 2.78. The first-order chi connectivity index (χ1) is 39.0. The molecule has 0 unspecified atom stereocenters. The van der Waals surface area contributed by atoms with Crippen molar-refractivity contribution in [3.63, 3.8) is 0 Å². The molecule has 1 aromatic heterocycles. The van der Waals surface area contributed by atoms with Gasteiger partial charge < -0.3 is 49.4 Å². The van der Waals surface area contributed by atoms with Crippen LogP contribution < -0.4 is 10.5 Å². The average molecular weight is 1190 g/mol. The first-order valence-corrected chi connectivity index (χ1v) is 28.3. The van der Waals surface area contributed by atoms with Gasteiger partial charge in [0, 0.05) is 30.7 Å². The lowest BCUT2D eigenvalue weighted by molar-refractivity contribution is -0.346. The third-order valence-electron chi connectivity index (χ3n) is 16.3. The number of Topliss-reactive ketones (excluding diaryl/α,β-unsaturated/α-hetero) is 1. The standard InChI is InChI=1S/C43H53NO14.C17H14F3N3O2S/c1-22-26(55-37(51)32(48)30(24-15-11-9-12-16-24)44-38(52)58-39(3,4)5)20-43(53)35(56-36(50)25-17-13-10-14-18-25)33-41(8,34(49)31(47)29(22)40(43,6)7)27(46)19-28-42(33,21-54-28)57-23(2)45;1-11-2-4-12(5-3-11)15-10-16(17(18,19)20)22-23(15)13-6-8-14(9-7-13)26(21,24)25/h9-18,26-28,30-33,35,46-48,53H,19-21H2,1-8H3,(H,44,52);2-10H,1H3,(H2,21,24,25)/t26-,27-,28+,30-,31+,32+,33-,35-,41+,42-,43+;/m0./s1. The molecule has 24 heteroatoms. The van der Waals surface area contributed by atoms with Crippen LogP contribution in [0.4, 0.5) is 18.0 Å². The molecule has 1 saturated heterocycles. The zero-order valence-electron chi connectivity index (χ0n) is 47.4. The predicted molar refractivity (Wildman–Crippen MR) is 294 cm³/mol. The van der Waals surface area contributed by atoms with E-state index in [1.807, 2.05) is 6.92 Å². The highest BCUT2D eigenvalue weighted by atomic mass is 32.2. The van der Waals surface area contributed by atoms with Crippen LogP contribution in [0.5, 0.6) is 0 Å². The number of nitrogens with zero attached hydrogens (tertiary/aromatic N) is 2. The number of ketones is 1. The van der Waals surface area contributed by atoms with Gasteiger partial charge in [0.25, 0.3) is 0 Å². The van der Waals surface area contributed by atoms with Gasteiger partial charge in [0.1, 0.15) is 35.6 Å². The number of nitrogens with one attached hydrogen (secondary N) is 1. The molecule has 450 valence electrons. The number of benzene rings is 4. The number of amides is 1. The van der Waals surface area contributed by atoms with Crippen molar-refractivity contribution in [1.82, 2.24) is 15.1 Å². The van der Waals surface area contributed by atoms with Crippen LogP contribution in [0.3, 0.4) is 0 Å². The molecule has 1 amide bonds. The summed E-state index contributed by atoms with van der Waals surface area (Å²) in [5.41, 5.74) is -7.14. The maximum atomic E-state index is 14.9. The summed E-state index contributed by atoms with van der Waals surface area (Å²) in [6, 6.07) is 27.7. The molecular formula is C60H67F3N4O16S. The number of aryl methyl sites for hydroxylation is 1. The number of halogens is 3. The second-order valence-corrected chi connectivity index (χ2v) is 24.9. The number of ether oxygens (including phenoxy) is 5. The van der Waals surface area contributed by atoms with E-state index in [2.05, 4.69) is 10.4 Å². The van der Waals surface area contributed by atoms with Crippen molar-refractivity contribution in [2.45, 2.75) is 146 Å². The van der Waals surface area contributed by atoms with E-state index in [0.29, 0.717) is 11.1 Å². The van der Waals surface area contributed by atoms with Crippen LogP contribution in [0, 0.1) is 23.7 Å². The fraction of sp³-hybridized carbons (Fsp3) is 0.433. The molecule has 2 bridgehead atoms. The van der Waals surface area contributed by atoms with Gasteiger partial charge in [-0.05, 0) is 101 Å². The maximum Gasteiger partial charge on any atom is 0.435 e. The van der Waals surface area contributed by atoms with E-state index in [1.54, 1.807) is 107 Å². The van der Waals surface area contributed by atoms with E-state index in [4.69, 9.17) is 28.8 Å². The SMILES string of the molecule is CC(=O)O[C@@]12CO[C@@H]1C[C@H](O)[C@@]1(C)C(=O)[C@H](O)C3=C(C)[C@@H](OC(=O)[C@H](O)[C@@H](NC(=O)OC(C)(C)C)c4ccccc4)C[C@@](O)([C@@H](OC(=O)c4ccccc4)[C@H]21)C3(C)C.Cc1ccc(-c2cc(C(F)(F)F)nn2-c2ccc(S(N)(=O)=O)cc2)cc1. The summed E-state index contributed by atoms with van der Waals surface area (Å²) < 4.78 is 92.7. The Morgan fingerprint density at radius 1 is 0.881 bits per heavy atom. The first kappa shape index (κ1) is 62.7. The molecule has 20 nitrogen and oxygen atoms in total. The normalized spacial score (nSPS) is 27.1. The number of aromatic nitrogens is 2. The molecule has 11 atom stereocenters. The second kappa shape index (κ2) is 22.9. The monoisotopic (exact) mass is 1190 g/mol. The summed E-state index contributed by atoms with van der Waals surface area (Å²) >= 11 is 0. The number of carbonyl (C=O) groups is 5. The molecule has 5 aromatic rings. The van der Waals surface area contributed by atoms with Crippen LogP contribution in [0.2, 0.25) is 0 Å². The number of esters is 3. The number of hydrogen-bond donors (Lipinski definition) is 6. The van der Waals surface area contributed by atoms with Crippen LogP contribution in [-0.2, 0) is 54.3 Å². The van der Waals surface area contributed by atoms with Crippen molar-refractivity contribution in [2.75, 3.05) is 6.61 Å². The summed E-state index contributed by atoms with van der Waals surface area (Å²) in [7, 11) is -3.90. The summed E-state index contributed by atoms with van der Waals surface area (Å²) in [6.07, 6.45) is -16.1. The molecule has 84 heavy (non-hydrogen) atoms. The third-order valence-corrected chi connectivity index (χ3v) is 17.3. The molecule has 2 heterocycles. The van der Waals surface area contributed by atoms with Gasteiger partial charge in [-0.1, -0.05) is 92.2 Å². The minimum Gasteiger partial charge on any atom is -0.456 e. The van der Waals surface area contributed by atoms with Crippen LogP contribution in [0.15, 0.2) is 131 Å². The van der Waals surface area contributed by atoms with Crippen LogP contribution in [0.25, 0.3) is 16.9 Å². The van der Waals surface area contributed by atoms with Crippen molar-refractivity contribution in [2.24, 2.45) is 21.9 Å². The van der Waals surface area contributed by atoms with Gasteiger partial charge in [-0.3, -0.25) is 9.59 Å². The number of aliphatic hydroxyl groups is 4. The number of primary sulfonamides is 1. The van der Waals surface area contributed by atoms with Gasteiger partial charge in [-0.25, -0.2) is 32.6 Å². The Labute approximate surface area is 482 Å². The van der Waals surface area contributed by atoms with Gasteiger partial charge in [-0.2, -0.15) is 18.3 Å². The molecule has 4 aliphatic rings. The predicted octanol–water partition coefficient (Wildman–Crippen LogP) is 6.77. The molecule has 0 radical (unpaired) electrons. The quantitative estimate of drug-likeness (QED) is 0.0451. The zero-order valence-corrected chi connectivity index (χ0v) is 48.2. The van der Waals surface area contributed by atoms with E-state index in [1.165, 1.54) is 50.2 Å². The molecular weight excluding hydrogens is 1120 g/mol. The van der Waals surface area contributed by atoms with Crippen molar-refractivity contribution >= 4 is 39.8 Å². The maximum absolute atomic E-state index is 14.9. The molecule has 4 aromatic carbocycles. The molecule has 2 saturated carbocycles. The van der Waals surface area contributed by atoms with Crippen molar-refractivity contribution in [1.29, 1.82) is 0 Å². The molecule has 9 rings (SSSR count). The largest absolute Gasteiger partial charge is 0.456 e. The lowest BCUT2D eigenvalue weighted by Crippen LogP contribution is -2.81. The van der Waals surface area contributed by atoms with Gasteiger partial charge in [0.15, 0.2) is 23.2 Å². The summed E-state index contributed by atoms with van der Waals surface area (Å²) in [5.74, 6) is -5.36. The first-order valence-electron chi connectivity index (χ1n) is 26.8. The minimum atomic E-state index is -4.61. The third kappa shape index (κ3) is 11.9. The Hall–Kier alpha value is -7.32. The summed E-state index contributed by atoms with van der Waals surface area (Å²) in [5, 5.41) is 60.3. The number of hydrogen-bond acceptors (Lipinski definition) is 17. The molecule has 3 fully saturated rings. The zero-order chi connectivity index (χ0) is 61.9. The number of carbonyl (C=O) groups excluding carboxylic acids is 5. The number of nitrogens with two attached hydrogens (primary N) is 1. The lowest BCUT2D eigenvalue weighted by Gasteiger charge is -2.67. The van der Waals surface area contributed by atoms with E-state index in [0.717, 1.165) is 23.2 Å². The van der Waals surface area contributed by atoms with Crippen LogP contribution >= 0.6 is 0 Å². The Bertz CT molecular complexity index is 3460. The van der Waals surface area contributed by atoms with Crippen molar-refractivity contribution < 1.29 is 89.7 Å². The number of alkyl carbamates (subject to hydrolysis) is 1. The Kier molecular flexibility index (Phi) is 17.1. The number of rotatable bonds is 11. The number of fused-ring (bicyclic) bond motifs is 5. The van der Waals surface area contributed by atoms with Gasteiger partial charge >= 0.3 is 30.2 Å². The topological polar surface area (TPSA) is 302 Å². The highest BCUT2D eigenvalue weighted by Crippen LogP contribution is 2.64. The van der Waals surface area contributed by atoms with Gasteiger partial charge in [0.2, 0.25) is 10.0 Å². The minimum absolute atomic E-state index is 0.0637. The molecule has 3 aliphatic carbocycles.